The molecule has 0 unspecified atom stereocenters. The molecule has 0 bridgehead atoms. The van der Waals surface area contributed by atoms with E-state index in [2.05, 4.69) is 19.6 Å². The number of rotatable bonds is 8. The fraction of sp³-hybridized carbons (Fsp3) is 0.233. The van der Waals surface area contributed by atoms with Crippen LogP contribution in [0.1, 0.15) is 38.3 Å². The number of pyridine rings is 2. The van der Waals surface area contributed by atoms with Gasteiger partial charge in [0.05, 0.1) is 5.69 Å². The van der Waals surface area contributed by atoms with Gasteiger partial charge in [0.25, 0.3) is 15.9 Å². The lowest BCUT2D eigenvalue weighted by molar-refractivity contribution is 0.0978. The van der Waals surface area contributed by atoms with E-state index in [1.54, 1.807) is 25.1 Å². The third kappa shape index (κ3) is 6.68. The molecule has 0 aliphatic heterocycles. The van der Waals surface area contributed by atoms with Gasteiger partial charge < -0.3 is 9.64 Å². The fourth-order valence-corrected chi connectivity index (χ4v) is 5.30. The summed E-state index contributed by atoms with van der Waals surface area (Å²) < 4.78 is 34.2. The normalized spacial score (nSPS) is 11.5. The number of nitrogens with one attached hydrogen (secondary N) is 1. The molecule has 0 aliphatic carbocycles. The zero-order chi connectivity index (χ0) is 28.3. The maximum absolute atomic E-state index is 13.3. The molecule has 2 aromatic carbocycles. The summed E-state index contributed by atoms with van der Waals surface area (Å²) >= 11 is 0. The minimum absolute atomic E-state index is 0.00447. The highest BCUT2D eigenvalue weighted by Crippen LogP contribution is 2.32. The van der Waals surface area contributed by atoms with Crippen molar-refractivity contribution in [3.63, 3.8) is 0 Å². The number of carbonyl (C=O) groups is 1. The smallest absolute Gasteiger partial charge is 0.281 e. The van der Waals surface area contributed by atoms with Crippen LogP contribution in [0.5, 0.6) is 11.6 Å². The van der Waals surface area contributed by atoms with Crippen LogP contribution < -0.4 is 9.46 Å². The lowest BCUT2D eigenvalue weighted by Crippen LogP contribution is -2.31. The maximum atomic E-state index is 13.3. The molecule has 1 N–H and O–H groups in total. The second-order valence-corrected chi connectivity index (χ2v) is 11.5. The summed E-state index contributed by atoms with van der Waals surface area (Å²) in [6.45, 7) is 8.30. The fourth-order valence-electron chi connectivity index (χ4n) is 4.32. The number of sulfonamides is 1. The van der Waals surface area contributed by atoms with E-state index < -0.39 is 15.9 Å². The SMILES string of the molecule is Cc1cc(C)c(Oc2nc(-c3ccc(CN(C)C)cc3)ccc2C(=O)NS(=O)(=O)c2cccc(C)n2)c(C)c1. The van der Waals surface area contributed by atoms with Crippen LogP contribution in [0.25, 0.3) is 11.3 Å². The third-order valence-corrected chi connectivity index (χ3v) is 7.25. The second-order valence-electron chi connectivity index (χ2n) is 9.87. The molecule has 2 aromatic heterocycles. The molecule has 2 heterocycles. The van der Waals surface area contributed by atoms with Gasteiger partial charge >= 0.3 is 0 Å². The van der Waals surface area contributed by atoms with Crippen LogP contribution in [0, 0.1) is 27.7 Å². The lowest BCUT2D eigenvalue weighted by Gasteiger charge is -2.16. The van der Waals surface area contributed by atoms with Gasteiger partial charge in [0.15, 0.2) is 5.03 Å². The molecule has 0 radical (unpaired) electrons. The molecule has 0 fully saturated rings. The van der Waals surface area contributed by atoms with Crippen molar-refractivity contribution < 1.29 is 17.9 Å². The van der Waals surface area contributed by atoms with Crippen molar-refractivity contribution in [2.75, 3.05) is 14.1 Å². The van der Waals surface area contributed by atoms with Crippen LogP contribution in [0.15, 0.2) is 71.8 Å². The van der Waals surface area contributed by atoms with Gasteiger partial charge in [0.1, 0.15) is 11.3 Å². The van der Waals surface area contributed by atoms with Gasteiger partial charge in [-0.2, -0.15) is 8.42 Å². The molecule has 9 heteroatoms. The van der Waals surface area contributed by atoms with E-state index in [1.807, 2.05) is 71.3 Å². The highest BCUT2D eigenvalue weighted by molar-refractivity contribution is 7.90. The molecule has 202 valence electrons. The first kappa shape index (κ1) is 27.9. The third-order valence-electron chi connectivity index (χ3n) is 6.02. The molecule has 0 saturated carbocycles. The number of aromatic nitrogens is 2. The predicted molar refractivity (Wildman–Crippen MR) is 151 cm³/mol. The Morgan fingerprint density at radius 1 is 0.897 bits per heavy atom. The molecule has 0 saturated heterocycles. The number of ether oxygens (including phenoxy) is 1. The minimum atomic E-state index is -4.22. The number of carbonyl (C=O) groups excluding carboxylic acids is 1. The molecule has 4 aromatic rings. The van der Waals surface area contributed by atoms with Crippen molar-refractivity contribution in [3.05, 3.63) is 100 Å². The molecule has 0 atom stereocenters. The highest BCUT2D eigenvalue weighted by Gasteiger charge is 2.24. The van der Waals surface area contributed by atoms with Gasteiger partial charge in [-0.3, -0.25) is 4.79 Å². The van der Waals surface area contributed by atoms with E-state index in [-0.39, 0.29) is 16.5 Å². The first-order chi connectivity index (χ1) is 18.4. The first-order valence-corrected chi connectivity index (χ1v) is 13.9. The highest BCUT2D eigenvalue weighted by atomic mass is 32.2. The molecular formula is C30H32N4O4S. The van der Waals surface area contributed by atoms with Crippen molar-refractivity contribution in [1.82, 2.24) is 19.6 Å². The first-order valence-electron chi connectivity index (χ1n) is 12.4. The zero-order valence-electron chi connectivity index (χ0n) is 22.9. The minimum Gasteiger partial charge on any atom is -0.438 e. The van der Waals surface area contributed by atoms with E-state index in [0.29, 0.717) is 17.1 Å². The van der Waals surface area contributed by atoms with Crippen LogP contribution in [0.3, 0.4) is 0 Å². The molecule has 4 rings (SSSR count). The largest absolute Gasteiger partial charge is 0.438 e. The van der Waals surface area contributed by atoms with Gasteiger partial charge in [-0.15, -0.1) is 0 Å². The lowest BCUT2D eigenvalue weighted by atomic mass is 10.1. The number of nitrogens with zero attached hydrogens (tertiary/aromatic N) is 3. The quantitative estimate of drug-likeness (QED) is 0.319. The van der Waals surface area contributed by atoms with Crippen molar-refractivity contribution in [2.45, 2.75) is 39.3 Å². The summed E-state index contributed by atoms with van der Waals surface area (Å²) in [6.07, 6.45) is 0. The summed E-state index contributed by atoms with van der Waals surface area (Å²) in [4.78, 5) is 24.1. The van der Waals surface area contributed by atoms with Gasteiger partial charge in [-0.1, -0.05) is 48.0 Å². The number of hydrogen-bond acceptors (Lipinski definition) is 7. The van der Waals surface area contributed by atoms with Gasteiger partial charge in [-0.05, 0) is 82.7 Å². The number of aryl methyl sites for hydroxylation is 4. The Kier molecular flexibility index (Phi) is 8.13. The Morgan fingerprint density at radius 3 is 2.18 bits per heavy atom. The van der Waals surface area contributed by atoms with Crippen molar-refractivity contribution >= 4 is 15.9 Å². The standard InChI is InChI=1S/C30H32N4O4S/c1-19-16-20(2)28(21(3)17-19)38-30-25(29(35)33-39(36,37)27-9-7-8-22(4)31-27)14-15-26(32-30)24-12-10-23(11-13-24)18-34(5)6/h7-17H,18H2,1-6H3,(H,33,35). The summed E-state index contributed by atoms with van der Waals surface area (Å²) in [5.74, 6) is -0.301. The van der Waals surface area contributed by atoms with E-state index in [1.165, 1.54) is 12.1 Å². The Morgan fingerprint density at radius 2 is 1.56 bits per heavy atom. The Labute approximate surface area is 229 Å². The van der Waals surface area contributed by atoms with Crippen LogP contribution in [-0.4, -0.2) is 43.3 Å². The van der Waals surface area contributed by atoms with Crippen molar-refractivity contribution in [1.29, 1.82) is 0 Å². The molecule has 8 nitrogen and oxygen atoms in total. The molecule has 0 spiro atoms. The van der Waals surface area contributed by atoms with Crippen LogP contribution >= 0.6 is 0 Å². The maximum Gasteiger partial charge on any atom is 0.281 e. The summed E-state index contributed by atoms with van der Waals surface area (Å²) in [5, 5.41) is -0.245. The van der Waals surface area contributed by atoms with Crippen molar-refractivity contribution in [2.24, 2.45) is 0 Å². The molecule has 0 aliphatic rings. The zero-order valence-corrected chi connectivity index (χ0v) is 23.8. The van der Waals surface area contributed by atoms with Crippen molar-refractivity contribution in [3.8, 4) is 22.9 Å². The average Bonchev–Trinajstić information content (AvgIpc) is 2.86. The monoisotopic (exact) mass is 544 g/mol. The Hall–Kier alpha value is -4.08. The molecule has 1 amide bonds. The van der Waals surface area contributed by atoms with E-state index in [4.69, 9.17) is 4.74 Å². The summed E-state index contributed by atoms with van der Waals surface area (Å²) in [5.41, 5.74) is 5.89. The Balaban J connectivity index is 1.74. The van der Waals surface area contributed by atoms with E-state index >= 15 is 0 Å². The second kappa shape index (κ2) is 11.3. The average molecular weight is 545 g/mol. The molecular weight excluding hydrogens is 512 g/mol. The topological polar surface area (TPSA) is 101 Å². The molecule has 39 heavy (non-hydrogen) atoms. The van der Waals surface area contributed by atoms with E-state index in [0.717, 1.165) is 34.4 Å². The predicted octanol–water partition coefficient (Wildman–Crippen LogP) is 5.35. The Bertz CT molecular complexity index is 1610. The van der Waals surface area contributed by atoms with Gasteiger partial charge in [0, 0.05) is 17.8 Å². The summed E-state index contributed by atoms with van der Waals surface area (Å²) in [6, 6.07) is 19.7. The van der Waals surface area contributed by atoms with Crippen LogP contribution in [0.4, 0.5) is 0 Å². The number of amides is 1. The summed E-state index contributed by atoms with van der Waals surface area (Å²) in [7, 11) is -0.203. The van der Waals surface area contributed by atoms with Crippen LogP contribution in [0.2, 0.25) is 0 Å². The van der Waals surface area contributed by atoms with Gasteiger partial charge in [0.2, 0.25) is 5.88 Å². The van der Waals surface area contributed by atoms with E-state index in [9.17, 15) is 13.2 Å². The van der Waals surface area contributed by atoms with Crippen LogP contribution in [-0.2, 0) is 16.6 Å². The number of benzene rings is 2. The van der Waals surface area contributed by atoms with Gasteiger partial charge in [-0.25, -0.2) is 14.7 Å². The number of hydrogen-bond donors (Lipinski definition) is 1.